The van der Waals surface area contributed by atoms with E-state index in [1.165, 1.54) is 0 Å². The van der Waals surface area contributed by atoms with Crippen molar-refractivity contribution in [1.82, 2.24) is 4.90 Å². The lowest BCUT2D eigenvalue weighted by atomic mass is 10.1. The van der Waals surface area contributed by atoms with E-state index in [1.807, 2.05) is 0 Å². The van der Waals surface area contributed by atoms with Crippen molar-refractivity contribution < 1.29 is 14.0 Å². The molecule has 1 rings (SSSR count). The summed E-state index contributed by atoms with van der Waals surface area (Å²) in [5, 5.41) is 8.76. The Labute approximate surface area is 98.3 Å². The Balaban J connectivity index is 2.58. The van der Waals surface area contributed by atoms with Crippen LogP contribution in [0.4, 0.5) is 4.39 Å². The lowest BCUT2D eigenvalue weighted by molar-refractivity contribution is -0.133. The Hall–Kier alpha value is -1.68. The first-order chi connectivity index (χ1) is 7.97. The van der Waals surface area contributed by atoms with E-state index in [0.717, 1.165) is 4.90 Å². The van der Waals surface area contributed by atoms with Crippen molar-refractivity contribution in [2.24, 2.45) is 11.5 Å². The van der Waals surface area contributed by atoms with Crippen molar-refractivity contribution in [3.05, 3.63) is 0 Å². The van der Waals surface area contributed by atoms with Crippen LogP contribution in [0.5, 0.6) is 0 Å². The minimum absolute atomic E-state index is 0.00296. The maximum atomic E-state index is 13.2. The quantitative estimate of drug-likeness (QED) is 0.661. The molecule has 2 amide bonds. The molecule has 1 saturated heterocycles. The Bertz CT molecular complexity index is 355. The third-order valence-electron chi connectivity index (χ3n) is 2.76. The number of nitriles is 1. The molecule has 1 fully saturated rings. The Morgan fingerprint density at radius 2 is 2.24 bits per heavy atom. The van der Waals surface area contributed by atoms with E-state index < -0.39 is 30.1 Å². The largest absolute Gasteiger partial charge is 0.370 e. The van der Waals surface area contributed by atoms with Gasteiger partial charge in [-0.3, -0.25) is 9.59 Å². The van der Waals surface area contributed by atoms with Crippen LogP contribution in [0, 0.1) is 11.3 Å². The molecule has 1 aliphatic rings. The van der Waals surface area contributed by atoms with Gasteiger partial charge in [0, 0.05) is 13.0 Å². The first-order valence-corrected chi connectivity index (χ1v) is 5.35. The molecule has 6 nitrogen and oxygen atoms in total. The molecule has 1 aliphatic heterocycles. The van der Waals surface area contributed by atoms with Gasteiger partial charge >= 0.3 is 0 Å². The van der Waals surface area contributed by atoms with Crippen molar-refractivity contribution in [3.63, 3.8) is 0 Å². The van der Waals surface area contributed by atoms with Crippen LogP contribution in [0.25, 0.3) is 0 Å². The molecule has 0 unspecified atom stereocenters. The summed E-state index contributed by atoms with van der Waals surface area (Å²) in [5.41, 5.74) is 10.5. The van der Waals surface area contributed by atoms with Gasteiger partial charge in [0.15, 0.2) is 6.04 Å². The van der Waals surface area contributed by atoms with Crippen molar-refractivity contribution >= 4 is 11.8 Å². The second-order valence-electron chi connectivity index (χ2n) is 4.02. The van der Waals surface area contributed by atoms with Crippen LogP contribution in [0.1, 0.15) is 19.3 Å². The second-order valence-corrected chi connectivity index (χ2v) is 4.02. The summed E-state index contributed by atoms with van der Waals surface area (Å²) in [4.78, 5) is 23.5. The molecule has 0 aliphatic carbocycles. The van der Waals surface area contributed by atoms with Crippen LogP contribution in [0.15, 0.2) is 0 Å². The predicted octanol–water partition coefficient (Wildman–Crippen LogP) is -0.958. The Morgan fingerprint density at radius 1 is 1.59 bits per heavy atom. The van der Waals surface area contributed by atoms with E-state index in [-0.39, 0.29) is 25.8 Å². The van der Waals surface area contributed by atoms with Gasteiger partial charge in [0.05, 0.1) is 12.1 Å². The molecule has 94 valence electrons. The van der Waals surface area contributed by atoms with Crippen LogP contribution in [0.2, 0.25) is 0 Å². The van der Waals surface area contributed by atoms with Gasteiger partial charge in [-0.15, -0.1) is 0 Å². The fourth-order valence-corrected chi connectivity index (χ4v) is 1.79. The van der Waals surface area contributed by atoms with Gasteiger partial charge in [-0.05, 0) is 12.8 Å². The molecule has 0 bridgehead atoms. The number of nitrogens with zero attached hydrogens (tertiary/aromatic N) is 2. The fraction of sp³-hybridized carbons (Fsp3) is 0.700. The summed E-state index contributed by atoms with van der Waals surface area (Å²) in [6.07, 6.45) is -1.07. The molecule has 0 spiro atoms. The normalized spacial score (nSPS) is 25.4. The number of nitrogens with two attached hydrogens (primary N) is 2. The van der Waals surface area contributed by atoms with E-state index in [2.05, 4.69) is 0 Å². The minimum atomic E-state index is -1.33. The minimum Gasteiger partial charge on any atom is -0.370 e. The molecular weight excluding hydrogens is 227 g/mol. The van der Waals surface area contributed by atoms with Gasteiger partial charge in [-0.1, -0.05) is 0 Å². The highest BCUT2D eigenvalue weighted by atomic mass is 19.1. The highest BCUT2D eigenvalue weighted by Crippen LogP contribution is 2.21. The highest BCUT2D eigenvalue weighted by Gasteiger charge is 2.38. The van der Waals surface area contributed by atoms with E-state index in [4.69, 9.17) is 16.7 Å². The topological polar surface area (TPSA) is 113 Å². The third-order valence-corrected chi connectivity index (χ3v) is 2.76. The van der Waals surface area contributed by atoms with E-state index in [0.29, 0.717) is 0 Å². The number of carbonyl (C=O) groups excluding carboxylic acids is 2. The van der Waals surface area contributed by atoms with Gasteiger partial charge < -0.3 is 16.4 Å². The lowest BCUT2D eigenvalue weighted by Crippen LogP contribution is -2.47. The maximum Gasteiger partial charge on any atom is 0.240 e. The fourth-order valence-electron chi connectivity index (χ4n) is 1.79. The molecule has 0 radical (unpaired) electrons. The Morgan fingerprint density at radius 3 is 2.76 bits per heavy atom. The Kier molecular flexibility index (Phi) is 4.40. The summed E-state index contributed by atoms with van der Waals surface area (Å²) < 4.78 is 13.2. The smallest absolute Gasteiger partial charge is 0.240 e. The van der Waals surface area contributed by atoms with Gasteiger partial charge in [-0.2, -0.15) is 5.26 Å². The third kappa shape index (κ3) is 3.14. The van der Waals surface area contributed by atoms with Gasteiger partial charge in [0.1, 0.15) is 6.17 Å². The van der Waals surface area contributed by atoms with E-state index in [9.17, 15) is 14.0 Å². The number of rotatable bonds is 4. The van der Waals surface area contributed by atoms with Crippen LogP contribution in [-0.4, -0.2) is 41.5 Å². The predicted molar refractivity (Wildman–Crippen MR) is 57.0 cm³/mol. The molecule has 0 aromatic carbocycles. The van der Waals surface area contributed by atoms with Crippen LogP contribution < -0.4 is 11.5 Å². The average molecular weight is 242 g/mol. The number of hydrogen-bond acceptors (Lipinski definition) is 4. The lowest BCUT2D eigenvalue weighted by Gasteiger charge is -2.23. The zero-order chi connectivity index (χ0) is 13.0. The van der Waals surface area contributed by atoms with Crippen molar-refractivity contribution in [2.45, 2.75) is 37.5 Å². The van der Waals surface area contributed by atoms with Crippen molar-refractivity contribution in [1.29, 1.82) is 5.26 Å². The number of carbonyl (C=O) groups is 2. The number of halogens is 1. The summed E-state index contributed by atoms with van der Waals surface area (Å²) in [5.74, 6) is -1.05. The zero-order valence-electron chi connectivity index (χ0n) is 9.30. The zero-order valence-corrected chi connectivity index (χ0v) is 9.30. The maximum absolute atomic E-state index is 13.2. The highest BCUT2D eigenvalue weighted by molar-refractivity contribution is 5.83. The summed E-state index contributed by atoms with van der Waals surface area (Å²) >= 11 is 0. The van der Waals surface area contributed by atoms with E-state index >= 15 is 0 Å². The summed E-state index contributed by atoms with van der Waals surface area (Å²) in [7, 11) is 0. The molecule has 17 heavy (non-hydrogen) atoms. The number of primary amides is 1. The number of hydrogen-bond donors (Lipinski definition) is 2. The molecule has 3 atom stereocenters. The van der Waals surface area contributed by atoms with Crippen LogP contribution in [-0.2, 0) is 9.59 Å². The molecule has 0 aromatic rings. The van der Waals surface area contributed by atoms with E-state index in [1.54, 1.807) is 6.07 Å². The molecular formula is C10H15FN4O2. The van der Waals surface area contributed by atoms with Crippen LogP contribution in [0.3, 0.4) is 0 Å². The molecule has 7 heteroatoms. The standard InChI is InChI=1S/C10H15FN4O2/c11-6-3-4-15(8(6)5-12)10(17)7(13)1-2-9(14)16/h6-8H,1-4,13H2,(H2,14,16)/t6-,7+,8+/m1/s1. The number of amides is 2. The number of likely N-dealkylation sites (tertiary alicyclic amines) is 1. The van der Waals surface area contributed by atoms with Gasteiger partial charge in [0.2, 0.25) is 11.8 Å². The summed E-state index contributed by atoms with van der Waals surface area (Å²) in [6, 6.07) is -0.233. The average Bonchev–Trinajstić information content (AvgIpc) is 2.66. The SMILES string of the molecule is N#C[C@H]1[C@H](F)CCN1C(=O)[C@@H](N)CCC(N)=O. The molecule has 4 N–H and O–H groups in total. The first-order valence-electron chi connectivity index (χ1n) is 5.35. The van der Waals surface area contributed by atoms with Gasteiger partial charge in [0.25, 0.3) is 0 Å². The second kappa shape index (κ2) is 5.59. The van der Waals surface area contributed by atoms with Gasteiger partial charge in [-0.25, -0.2) is 4.39 Å². The van der Waals surface area contributed by atoms with Crippen molar-refractivity contribution in [3.8, 4) is 6.07 Å². The number of alkyl halides is 1. The molecule has 0 saturated carbocycles. The molecule has 1 heterocycles. The first kappa shape index (κ1) is 13.4. The summed E-state index contributed by atoms with van der Waals surface area (Å²) in [6.45, 7) is 0.183. The van der Waals surface area contributed by atoms with Crippen molar-refractivity contribution in [2.75, 3.05) is 6.54 Å². The molecule has 0 aromatic heterocycles. The monoisotopic (exact) mass is 242 g/mol. The van der Waals surface area contributed by atoms with Crippen LogP contribution >= 0.6 is 0 Å².